The van der Waals surface area contributed by atoms with Crippen LogP contribution in [0.1, 0.15) is 19.3 Å². The third-order valence-electron chi connectivity index (χ3n) is 3.84. The molecule has 1 atom stereocenters. The number of allylic oxidation sites excluding steroid dienone is 2. The Morgan fingerprint density at radius 2 is 2.08 bits per heavy atom. The van der Waals surface area contributed by atoms with Gasteiger partial charge in [0.1, 0.15) is 17.6 Å². The first kappa shape index (κ1) is 17.7. The van der Waals surface area contributed by atoms with E-state index in [1.54, 1.807) is 19.0 Å². The van der Waals surface area contributed by atoms with Gasteiger partial charge in [0.2, 0.25) is 11.8 Å². The fourth-order valence-electron chi connectivity index (χ4n) is 2.39. The highest BCUT2D eigenvalue weighted by molar-refractivity contribution is 6.04. The molecule has 2 aliphatic rings. The van der Waals surface area contributed by atoms with Gasteiger partial charge >= 0.3 is 0 Å². The van der Waals surface area contributed by atoms with Gasteiger partial charge in [-0.1, -0.05) is 0 Å². The average Bonchev–Trinajstić information content (AvgIpc) is 2.69. The van der Waals surface area contributed by atoms with Gasteiger partial charge < -0.3 is 15.0 Å². The van der Waals surface area contributed by atoms with E-state index in [1.807, 2.05) is 0 Å². The maximum absolute atomic E-state index is 14.5. The molecule has 3 amide bonds. The van der Waals surface area contributed by atoms with Crippen LogP contribution in [0.15, 0.2) is 35.0 Å². The summed E-state index contributed by atoms with van der Waals surface area (Å²) in [6.07, 6.45) is 3.24. The number of piperidine rings is 1. The Kier molecular flexibility index (Phi) is 5.38. The molecular formula is C16H20FN3O4. The van der Waals surface area contributed by atoms with Crippen molar-refractivity contribution in [2.75, 3.05) is 21.2 Å². The lowest BCUT2D eigenvalue weighted by molar-refractivity contribution is -0.136. The van der Waals surface area contributed by atoms with Gasteiger partial charge in [-0.05, 0) is 18.6 Å². The van der Waals surface area contributed by atoms with Gasteiger partial charge in [-0.25, -0.2) is 4.39 Å². The molecule has 0 aromatic rings. The van der Waals surface area contributed by atoms with Crippen LogP contribution in [0.25, 0.3) is 0 Å². The lowest BCUT2D eigenvalue weighted by atomic mass is 10.1. The van der Waals surface area contributed by atoms with Crippen molar-refractivity contribution in [3.63, 3.8) is 0 Å². The third kappa shape index (κ3) is 4.01. The first-order valence-electron chi connectivity index (χ1n) is 7.48. The lowest BCUT2D eigenvalue weighted by Gasteiger charge is -2.22. The van der Waals surface area contributed by atoms with Crippen LogP contribution >= 0.6 is 0 Å². The van der Waals surface area contributed by atoms with Gasteiger partial charge in [-0.2, -0.15) is 0 Å². The topological polar surface area (TPSA) is 87.7 Å². The van der Waals surface area contributed by atoms with Crippen molar-refractivity contribution < 1.29 is 23.5 Å². The van der Waals surface area contributed by atoms with E-state index >= 15 is 0 Å². The minimum atomic E-state index is -0.865. The van der Waals surface area contributed by atoms with Crippen molar-refractivity contribution in [1.82, 2.24) is 15.5 Å². The number of carbonyl (C=O) groups excluding carboxylic acids is 3. The standard InChI is InChI=1S/C16H20FN3O4/c1-20(2)9-6-10(24-3)8-11(12(17)7-9)15(22)18-13-4-5-14(21)19-16(13)23/h7-8,13H,4-6H2,1-3H3,(H,18,22)(H,19,21,23). The van der Waals surface area contributed by atoms with Crippen LogP contribution < -0.4 is 10.6 Å². The van der Waals surface area contributed by atoms with Crippen molar-refractivity contribution in [1.29, 1.82) is 0 Å². The molecule has 8 heteroatoms. The molecule has 0 saturated carbocycles. The molecule has 1 heterocycles. The number of methoxy groups -OCH3 is 1. The zero-order valence-electron chi connectivity index (χ0n) is 13.8. The Balaban J connectivity index is 2.24. The molecule has 7 nitrogen and oxygen atoms in total. The predicted octanol–water partition coefficient (Wildman–Crippen LogP) is 0.511. The van der Waals surface area contributed by atoms with E-state index in [0.717, 1.165) is 0 Å². The summed E-state index contributed by atoms with van der Waals surface area (Å²) in [5.74, 6) is -1.99. The summed E-state index contributed by atoms with van der Waals surface area (Å²) in [7, 11) is 4.97. The molecule has 1 unspecified atom stereocenters. The Morgan fingerprint density at radius 3 is 2.67 bits per heavy atom. The number of nitrogens with one attached hydrogen (secondary N) is 2. The highest BCUT2D eigenvalue weighted by Gasteiger charge is 2.29. The maximum atomic E-state index is 14.5. The van der Waals surface area contributed by atoms with Crippen LogP contribution in [0.5, 0.6) is 0 Å². The summed E-state index contributed by atoms with van der Waals surface area (Å²) in [4.78, 5) is 37.0. The van der Waals surface area contributed by atoms with Crippen molar-refractivity contribution >= 4 is 17.7 Å². The SMILES string of the molecule is COC1=CC(C(=O)NC2CCC(=O)NC2=O)=C(F)C=C(N(C)C)C1. The van der Waals surface area contributed by atoms with Crippen LogP contribution in [-0.2, 0) is 19.1 Å². The normalized spacial score (nSPS) is 21.4. The Hall–Kier alpha value is -2.64. The van der Waals surface area contributed by atoms with Crippen molar-refractivity contribution in [3.8, 4) is 0 Å². The summed E-state index contributed by atoms with van der Waals surface area (Å²) < 4.78 is 19.6. The average molecular weight is 337 g/mol. The molecule has 1 saturated heterocycles. The number of amides is 3. The number of ether oxygens (including phenoxy) is 1. The van der Waals surface area contributed by atoms with E-state index in [2.05, 4.69) is 10.6 Å². The number of halogens is 1. The second-order valence-corrected chi connectivity index (χ2v) is 5.76. The van der Waals surface area contributed by atoms with Crippen molar-refractivity contribution in [2.24, 2.45) is 0 Å². The summed E-state index contributed by atoms with van der Waals surface area (Å²) >= 11 is 0. The summed E-state index contributed by atoms with van der Waals surface area (Å²) in [6, 6.07) is -0.865. The molecule has 0 bridgehead atoms. The van der Waals surface area contributed by atoms with Gasteiger partial charge in [0.25, 0.3) is 5.91 Å². The van der Waals surface area contributed by atoms with Crippen molar-refractivity contribution in [3.05, 3.63) is 35.0 Å². The third-order valence-corrected chi connectivity index (χ3v) is 3.84. The number of carbonyl (C=O) groups is 3. The Labute approximate surface area is 139 Å². The highest BCUT2D eigenvalue weighted by atomic mass is 19.1. The van der Waals surface area contributed by atoms with Gasteiger partial charge in [0, 0.05) is 32.6 Å². The first-order valence-corrected chi connectivity index (χ1v) is 7.48. The van der Waals surface area contributed by atoms with Crippen LogP contribution in [0.2, 0.25) is 0 Å². The zero-order valence-corrected chi connectivity index (χ0v) is 13.8. The number of rotatable bonds is 4. The second kappa shape index (κ2) is 7.29. The lowest BCUT2D eigenvalue weighted by Crippen LogP contribution is -2.52. The summed E-state index contributed by atoms with van der Waals surface area (Å²) in [5, 5.41) is 4.60. The quantitative estimate of drug-likeness (QED) is 0.730. The van der Waals surface area contributed by atoms with Crippen LogP contribution in [0.3, 0.4) is 0 Å². The second-order valence-electron chi connectivity index (χ2n) is 5.76. The van der Waals surface area contributed by atoms with E-state index in [0.29, 0.717) is 17.9 Å². The first-order chi connectivity index (χ1) is 11.3. The molecule has 24 heavy (non-hydrogen) atoms. The van der Waals surface area contributed by atoms with E-state index in [-0.39, 0.29) is 24.3 Å². The number of hydrogen-bond donors (Lipinski definition) is 2. The van der Waals surface area contributed by atoms with Gasteiger partial charge in [-0.15, -0.1) is 0 Å². The van der Waals surface area contributed by atoms with E-state index in [1.165, 1.54) is 19.3 Å². The number of hydrogen-bond acceptors (Lipinski definition) is 5. The molecule has 0 radical (unpaired) electrons. The Morgan fingerprint density at radius 1 is 1.38 bits per heavy atom. The number of imide groups is 1. The monoisotopic (exact) mass is 337 g/mol. The van der Waals surface area contributed by atoms with Gasteiger partial charge in [0.15, 0.2) is 0 Å². The molecule has 0 aromatic heterocycles. The zero-order chi connectivity index (χ0) is 17.9. The molecule has 2 rings (SSSR count). The fraction of sp³-hybridized carbons (Fsp3) is 0.438. The van der Waals surface area contributed by atoms with E-state index < -0.39 is 23.7 Å². The van der Waals surface area contributed by atoms with E-state index in [4.69, 9.17) is 4.74 Å². The predicted molar refractivity (Wildman–Crippen MR) is 83.9 cm³/mol. The molecule has 1 aliphatic carbocycles. The minimum Gasteiger partial charge on any atom is -0.501 e. The fourth-order valence-corrected chi connectivity index (χ4v) is 2.39. The largest absolute Gasteiger partial charge is 0.501 e. The smallest absolute Gasteiger partial charge is 0.255 e. The summed E-state index contributed by atoms with van der Waals surface area (Å²) in [6.45, 7) is 0. The molecule has 0 aromatic carbocycles. The molecule has 1 aliphatic heterocycles. The van der Waals surface area contributed by atoms with Crippen LogP contribution in [0, 0.1) is 0 Å². The summed E-state index contributed by atoms with van der Waals surface area (Å²) in [5.41, 5.74) is 0.429. The van der Waals surface area contributed by atoms with E-state index in [9.17, 15) is 18.8 Å². The molecular weight excluding hydrogens is 317 g/mol. The van der Waals surface area contributed by atoms with Crippen LogP contribution in [-0.4, -0.2) is 49.9 Å². The molecule has 0 spiro atoms. The van der Waals surface area contributed by atoms with Gasteiger partial charge in [0.05, 0.1) is 12.7 Å². The molecule has 2 N–H and O–H groups in total. The molecule has 130 valence electrons. The van der Waals surface area contributed by atoms with Gasteiger partial charge in [-0.3, -0.25) is 19.7 Å². The number of nitrogens with zero attached hydrogens (tertiary/aromatic N) is 1. The highest BCUT2D eigenvalue weighted by Crippen LogP contribution is 2.25. The van der Waals surface area contributed by atoms with Crippen molar-refractivity contribution in [2.45, 2.75) is 25.3 Å². The minimum absolute atomic E-state index is 0.127. The Bertz CT molecular complexity index is 664. The van der Waals surface area contributed by atoms with Crippen LogP contribution in [0.4, 0.5) is 4.39 Å². The maximum Gasteiger partial charge on any atom is 0.255 e. The molecule has 1 fully saturated rings.